The molecule has 0 spiro atoms. The lowest BCUT2D eigenvalue weighted by molar-refractivity contribution is 0.165. The Labute approximate surface area is 115 Å². The molecule has 2 rings (SSSR count). The Morgan fingerprint density at radius 3 is 3.05 bits per heavy atom. The van der Waals surface area contributed by atoms with Crippen molar-refractivity contribution in [3.8, 4) is 5.88 Å². The highest BCUT2D eigenvalue weighted by atomic mass is 16.5. The summed E-state index contributed by atoms with van der Waals surface area (Å²) in [5.41, 5.74) is 2.35. The van der Waals surface area contributed by atoms with Crippen molar-refractivity contribution in [3.63, 3.8) is 0 Å². The first-order valence-electron chi connectivity index (χ1n) is 7.16. The molecular formula is C15H24N2O2. The average Bonchev–Trinajstić information content (AvgIpc) is 2.90. The van der Waals surface area contributed by atoms with Gasteiger partial charge in [-0.3, -0.25) is 0 Å². The molecule has 0 amide bonds. The SMILES string of the molecule is CCCc1cc(CNC)cc(OCC2CCOC2)n1. The van der Waals surface area contributed by atoms with Crippen molar-refractivity contribution in [1.82, 2.24) is 10.3 Å². The molecule has 106 valence electrons. The van der Waals surface area contributed by atoms with Crippen LogP contribution in [0.5, 0.6) is 5.88 Å². The molecule has 4 heteroatoms. The van der Waals surface area contributed by atoms with Crippen molar-refractivity contribution >= 4 is 0 Å². The van der Waals surface area contributed by atoms with Crippen LogP contribution in [-0.2, 0) is 17.7 Å². The molecule has 4 nitrogen and oxygen atoms in total. The molecule has 1 aliphatic heterocycles. The van der Waals surface area contributed by atoms with Crippen molar-refractivity contribution in [3.05, 3.63) is 23.4 Å². The van der Waals surface area contributed by atoms with Crippen molar-refractivity contribution in [2.75, 3.05) is 26.9 Å². The van der Waals surface area contributed by atoms with Gasteiger partial charge < -0.3 is 14.8 Å². The van der Waals surface area contributed by atoms with Crippen LogP contribution in [0.3, 0.4) is 0 Å². The Balaban J connectivity index is 1.99. The maximum absolute atomic E-state index is 5.85. The summed E-state index contributed by atoms with van der Waals surface area (Å²) in [6.45, 7) is 5.41. The second-order valence-corrected chi connectivity index (χ2v) is 5.13. The molecule has 1 unspecified atom stereocenters. The van der Waals surface area contributed by atoms with Crippen LogP contribution in [0, 0.1) is 5.92 Å². The minimum Gasteiger partial charge on any atom is -0.477 e. The van der Waals surface area contributed by atoms with Crippen molar-refractivity contribution in [2.45, 2.75) is 32.7 Å². The third kappa shape index (κ3) is 4.48. The van der Waals surface area contributed by atoms with E-state index < -0.39 is 0 Å². The molecule has 0 aliphatic carbocycles. The van der Waals surface area contributed by atoms with Gasteiger partial charge in [0.15, 0.2) is 0 Å². The van der Waals surface area contributed by atoms with E-state index in [2.05, 4.69) is 23.3 Å². The van der Waals surface area contributed by atoms with Gasteiger partial charge in [-0.2, -0.15) is 0 Å². The normalized spacial score (nSPS) is 18.7. The van der Waals surface area contributed by atoms with Gasteiger partial charge in [-0.25, -0.2) is 4.98 Å². The Hall–Kier alpha value is -1.13. The molecule has 0 radical (unpaired) electrons. The summed E-state index contributed by atoms with van der Waals surface area (Å²) >= 11 is 0. The second-order valence-electron chi connectivity index (χ2n) is 5.13. The van der Waals surface area contributed by atoms with E-state index in [-0.39, 0.29) is 0 Å². The van der Waals surface area contributed by atoms with Crippen molar-refractivity contribution in [1.29, 1.82) is 0 Å². The first-order valence-corrected chi connectivity index (χ1v) is 7.16. The third-order valence-corrected chi connectivity index (χ3v) is 3.29. The number of ether oxygens (including phenoxy) is 2. The van der Waals surface area contributed by atoms with Gasteiger partial charge in [-0.1, -0.05) is 13.3 Å². The predicted octanol–water partition coefficient (Wildman–Crippen LogP) is 2.17. The second kappa shape index (κ2) is 7.46. The minimum atomic E-state index is 0.518. The highest BCUT2D eigenvalue weighted by Crippen LogP contribution is 2.17. The molecule has 1 N–H and O–H groups in total. The zero-order chi connectivity index (χ0) is 13.5. The predicted molar refractivity (Wildman–Crippen MR) is 75.4 cm³/mol. The number of nitrogens with one attached hydrogen (secondary N) is 1. The number of aryl methyl sites for hydroxylation is 1. The summed E-state index contributed by atoms with van der Waals surface area (Å²) in [5.74, 6) is 1.27. The molecule has 1 aromatic rings. The molecule has 0 bridgehead atoms. The Kier molecular flexibility index (Phi) is 5.61. The van der Waals surface area contributed by atoms with Crippen molar-refractivity contribution in [2.24, 2.45) is 5.92 Å². The van der Waals surface area contributed by atoms with E-state index in [0.29, 0.717) is 12.5 Å². The molecule has 19 heavy (non-hydrogen) atoms. The number of hydrogen-bond acceptors (Lipinski definition) is 4. The summed E-state index contributed by atoms with van der Waals surface area (Å²) in [7, 11) is 1.95. The number of nitrogens with zero attached hydrogens (tertiary/aromatic N) is 1. The summed E-state index contributed by atoms with van der Waals surface area (Å²) in [4.78, 5) is 4.58. The number of rotatable bonds is 7. The van der Waals surface area contributed by atoms with Crippen LogP contribution in [-0.4, -0.2) is 31.9 Å². The first kappa shape index (κ1) is 14.3. The molecular weight excluding hydrogens is 240 g/mol. The maximum Gasteiger partial charge on any atom is 0.213 e. The quantitative estimate of drug-likeness (QED) is 0.819. The van der Waals surface area contributed by atoms with Gasteiger partial charge in [-0.15, -0.1) is 0 Å². The molecule has 0 aromatic carbocycles. The van der Waals surface area contributed by atoms with E-state index in [9.17, 15) is 0 Å². The lowest BCUT2D eigenvalue weighted by Gasteiger charge is -2.12. The monoisotopic (exact) mass is 264 g/mol. The van der Waals surface area contributed by atoms with Gasteiger partial charge in [0.25, 0.3) is 0 Å². The highest BCUT2D eigenvalue weighted by molar-refractivity contribution is 5.25. The molecule has 1 fully saturated rings. The highest BCUT2D eigenvalue weighted by Gasteiger charge is 2.16. The van der Waals surface area contributed by atoms with Gasteiger partial charge >= 0.3 is 0 Å². The van der Waals surface area contributed by atoms with Gasteiger partial charge in [0.05, 0.1) is 13.2 Å². The van der Waals surface area contributed by atoms with Gasteiger partial charge in [0.2, 0.25) is 5.88 Å². The largest absolute Gasteiger partial charge is 0.477 e. The fourth-order valence-electron chi connectivity index (χ4n) is 2.30. The molecule has 0 saturated carbocycles. The maximum atomic E-state index is 5.85. The number of pyridine rings is 1. The van der Waals surface area contributed by atoms with E-state index in [1.54, 1.807) is 0 Å². The first-order chi connectivity index (χ1) is 9.31. The van der Waals surface area contributed by atoms with E-state index >= 15 is 0 Å². The van der Waals surface area contributed by atoms with Crippen LogP contribution >= 0.6 is 0 Å². The van der Waals surface area contributed by atoms with Crippen LogP contribution < -0.4 is 10.1 Å². The lowest BCUT2D eigenvalue weighted by atomic mass is 10.1. The summed E-state index contributed by atoms with van der Waals surface area (Å²) in [6.07, 6.45) is 3.20. The number of aromatic nitrogens is 1. The topological polar surface area (TPSA) is 43.4 Å². The van der Waals surface area contributed by atoms with Gasteiger partial charge in [-0.05, 0) is 31.5 Å². The number of hydrogen-bond donors (Lipinski definition) is 1. The van der Waals surface area contributed by atoms with Gasteiger partial charge in [0.1, 0.15) is 0 Å². The van der Waals surface area contributed by atoms with Crippen molar-refractivity contribution < 1.29 is 9.47 Å². The van der Waals surface area contributed by atoms with E-state index in [1.165, 1.54) is 5.56 Å². The molecule has 1 aliphatic rings. The van der Waals surface area contributed by atoms with Crippen LogP contribution in [0.15, 0.2) is 12.1 Å². The summed E-state index contributed by atoms with van der Waals surface area (Å²) in [6, 6.07) is 4.19. The zero-order valence-corrected chi connectivity index (χ0v) is 11.9. The van der Waals surface area contributed by atoms with E-state index in [4.69, 9.17) is 9.47 Å². The lowest BCUT2D eigenvalue weighted by Crippen LogP contribution is -2.13. The van der Waals surface area contributed by atoms with Crippen LogP contribution in [0.2, 0.25) is 0 Å². The average molecular weight is 264 g/mol. The molecule has 1 saturated heterocycles. The molecule has 2 heterocycles. The zero-order valence-electron chi connectivity index (χ0n) is 11.9. The fourth-order valence-corrected chi connectivity index (χ4v) is 2.30. The standard InChI is InChI=1S/C15H24N2O2/c1-3-4-14-7-13(9-16-2)8-15(17-14)19-11-12-5-6-18-10-12/h7-8,12,16H,3-6,9-11H2,1-2H3. The molecule has 1 aromatic heterocycles. The van der Waals surface area contributed by atoms with Gasteiger partial charge in [0, 0.05) is 30.8 Å². The van der Waals surface area contributed by atoms with E-state index in [0.717, 1.165) is 50.6 Å². The van der Waals surface area contributed by atoms with Crippen LogP contribution in [0.25, 0.3) is 0 Å². The Bertz CT molecular complexity index is 365. The third-order valence-electron chi connectivity index (χ3n) is 3.29. The Morgan fingerprint density at radius 2 is 2.37 bits per heavy atom. The van der Waals surface area contributed by atoms with Crippen LogP contribution in [0.4, 0.5) is 0 Å². The summed E-state index contributed by atoms with van der Waals surface area (Å²) in [5, 5.41) is 3.17. The molecule has 1 atom stereocenters. The van der Waals surface area contributed by atoms with Crippen LogP contribution in [0.1, 0.15) is 31.0 Å². The summed E-state index contributed by atoms with van der Waals surface area (Å²) < 4.78 is 11.2. The Morgan fingerprint density at radius 1 is 1.47 bits per heavy atom. The van der Waals surface area contributed by atoms with E-state index in [1.807, 2.05) is 13.1 Å². The minimum absolute atomic E-state index is 0.518. The smallest absolute Gasteiger partial charge is 0.213 e. The fraction of sp³-hybridized carbons (Fsp3) is 0.667.